The number of methoxy groups -OCH3 is 1. The van der Waals surface area contributed by atoms with Gasteiger partial charge in [0.25, 0.3) is 0 Å². The van der Waals surface area contributed by atoms with E-state index in [1.807, 2.05) is 31.2 Å². The number of fused-ring (bicyclic) bond motifs is 5. The molecule has 2 aromatic carbocycles. The number of benzene rings is 2. The lowest BCUT2D eigenvalue weighted by atomic mass is 9.51. The number of unbranched alkanes of at least 4 members (excludes halogenated alkanes) is 2. The summed E-state index contributed by atoms with van der Waals surface area (Å²) in [5.41, 5.74) is 1.70. The number of aromatic hydroxyl groups is 1. The van der Waals surface area contributed by atoms with Gasteiger partial charge in [-0.25, -0.2) is 4.90 Å². The van der Waals surface area contributed by atoms with E-state index in [0.717, 1.165) is 26.1 Å². The van der Waals surface area contributed by atoms with E-state index in [-0.39, 0.29) is 42.7 Å². The molecule has 286 valence electrons. The lowest BCUT2D eigenvalue weighted by Gasteiger charge is -2.49. The first-order chi connectivity index (χ1) is 26.3. The molecule has 14 heteroatoms. The number of likely N-dealkylation sites (tertiary alicyclic amines) is 1. The van der Waals surface area contributed by atoms with Crippen LogP contribution in [-0.4, -0.2) is 68.1 Å². The molecule has 2 N–H and O–H groups in total. The number of phenols is 1. The van der Waals surface area contributed by atoms with Crippen molar-refractivity contribution in [1.29, 1.82) is 0 Å². The second-order valence-electron chi connectivity index (χ2n) is 15.3. The van der Waals surface area contributed by atoms with Crippen molar-refractivity contribution >= 4 is 68.4 Å². The third-order valence-corrected chi connectivity index (χ3v) is 13.9. The van der Waals surface area contributed by atoms with Gasteiger partial charge in [0.15, 0.2) is 11.5 Å². The first-order valence-electron chi connectivity index (χ1n) is 18.5. The molecule has 0 bridgehead atoms. The number of carboxylic acids is 1. The van der Waals surface area contributed by atoms with Crippen LogP contribution in [0.2, 0.25) is 5.02 Å². The van der Waals surface area contributed by atoms with Crippen LogP contribution < -0.4 is 9.64 Å². The molecule has 6 atom stereocenters. The smallest absolute Gasteiger partial charge is 0.303 e. The Morgan fingerprint density at radius 2 is 1.82 bits per heavy atom. The highest BCUT2D eigenvalue weighted by molar-refractivity contribution is 7.22. The van der Waals surface area contributed by atoms with Crippen LogP contribution in [0.5, 0.6) is 11.5 Å². The van der Waals surface area contributed by atoms with E-state index in [2.05, 4.69) is 0 Å². The van der Waals surface area contributed by atoms with Crippen LogP contribution in [0.1, 0.15) is 62.5 Å². The Bertz CT molecular complexity index is 2350. The number of allylic oxidation sites excluding steroid dienone is 2. The topological polar surface area (TPSA) is 159 Å². The fourth-order valence-electron chi connectivity index (χ4n) is 9.72. The standard InChI is InChI=1S/C41H41ClN4O8S/c1-20-25-17-22(42)10-14-31(25)55-36(20)28-19-32(44(3)43-28)46-38(51)27-18-26-23(35(41(27,2)40(46)53)21-9-13-30(54-4)29(47)16-21)11-12-24-34(26)39(52)45(37(24)50)15-7-5-6-8-33(48)49/h9-11,13-14,16-17,19,24,26-27,34-35,47H,5-8,12,15,18H2,1-4H3,(H,48,49). The monoisotopic (exact) mass is 784 g/mol. The van der Waals surface area contributed by atoms with E-state index in [1.54, 1.807) is 54.3 Å². The van der Waals surface area contributed by atoms with Gasteiger partial charge in [0.1, 0.15) is 11.5 Å². The van der Waals surface area contributed by atoms with E-state index < -0.39 is 52.8 Å². The number of nitrogens with zero attached hydrogens (tertiary/aromatic N) is 4. The third-order valence-electron chi connectivity index (χ3n) is 12.4. The van der Waals surface area contributed by atoms with Crippen molar-refractivity contribution in [3.8, 4) is 22.1 Å². The zero-order chi connectivity index (χ0) is 39.1. The first kappa shape index (κ1) is 36.9. The van der Waals surface area contributed by atoms with Crippen molar-refractivity contribution in [3.63, 3.8) is 0 Å². The molecule has 4 aliphatic rings. The minimum Gasteiger partial charge on any atom is -0.504 e. The Labute approximate surface area is 326 Å². The highest BCUT2D eigenvalue weighted by Crippen LogP contribution is 2.64. The summed E-state index contributed by atoms with van der Waals surface area (Å²) in [6, 6.07) is 12.4. The summed E-state index contributed by atoms with van der Waals surface area (Å²) in [7, 11) is 3.15. The number of aromatic nitrogens is 2. The van der Waals surface area contributed by atoms with Gasteiger partial charge in [0, 0.05) is 41.7 Å². The van der Waals surface area contributed by atoms with Gasteiger partial charge in [0.05, 0.1) is 35.2 Å². The normalized spacial score (nSPS) is 26.1. The Morgan fingerprint density at radius 1 is 1.04 bits per heavy atom. The summed E-state index contributed by atoms with van der Waals surface area (Å²) >= 11 is 7.86. The second kappa shape index (κ2) is 13.6. The molecular weight excluding hydrogens is 744 g/mol. The minimum absolute atomic E-state index is 0.0227. The van der Waals surface area contributed by atoms with Gasteiger partial charge < -0.3 is 14.9 Å². The molecule has 2 aliphatic heterocycles. The summed E-state index contributed by atoms with van der Waals surface area (Å²) in [6.07, 6.45) is 3.99. The van der Waals surface area contributed by atoms with Gasteiger partial charge >= 0.3 is 5.97 Å². The van der Waals surface area contributed by atoms with Crippen LogP contribution >= 0.6 is 22.9 Å². The van der Waals surface area contributed by atoms with Gasteiger partial charge in [0.2, 0.25) is 23.6 Å². The number of hydrogen-bond donors (Lipinski definition) is 2. The summed E-state index contributed by atoms with van der Waals surface area (Å²) < 4.78 is 7.91. The molecule has 3 fully saturated rings. The number of carbonyl (C=O) groups excluding carboxylic acids is 4. The average molecular weight is 785 g/mol. The van der Waals surface area contributed by atoms with Gasteiger partial charge in [-0.15, -0.1) is 11.3 Å². The van der Waals surface area contributed by atoms with Gasteiger partial charge in [-0.2, -0.15) is 5.10 Å². The second-order valence-corrected chi connectivity index (χ2v) is 16.8. The summed E-state index contributed by atoms with van der Waals surface area (Å²) in [4.78, 5) is 72.3. The molecule has 4 aromatic rings. The average Bonchev–Trinajstić information content (AvgIpc) is 3.81. The first-order valence-corrected chi connectivity index (χ1v) is 19.7. The molecule has 6 unspecified atom stereocenters. The van der Waals surface area contributed by atoms with Gasteiger partial charge in [-0.05, 0) is 92.3 Å². The van der Waals surface area contributed by atoms with Crippen LogP contribution in [0.25, 0.3) is 20.7 Å². The number of anilines is 1. The number of aliphatic carboxylic acids is 1. The highest BCUT2D eigenvalue weighted by atomic mass is 35.5. The number of hydrogen-bond acceptors (Lipinski definition) is 9. The SMILES string of the molecule is COc1ccc(C2C3=CCC4C(=O)N(CCCCCC(=O)O)C(=O)C4C3CC3C(=O)N(c4cc(-c5sc6ccc(Cl)cc6c5C)nn4C)C(=O)C32C)cc1O. The number of thiophene rings is 1. The fraction of sp³-hybridized carbons (Fsp3) is 0.415. The van der Waals surface area contributed by atoms with E-state index >= 15 is 4.79 Å². The molecule has 12 nitrogen and oxygen atoms in total. The summed E-state index contributed by atoms with van der Waals surface area (Å²) in [6.45, 7) is 3.99. The Hall–Kier alpha value is -5.01. The van der Waals surface area contributed by atoms with Crippen LogP contribution in [0, 0.1) is 36.0 Å². The predicted molar refractivity (Wildman–Crippen MR) is 206 cm³/mol. The Morgan fingerprint density at radius 3 is 2.55 bits per heavy atom. The van der Waals surface area contributed by atoms with Crippen LogP contribution in [0.3, 0.4) is 0 Å². The summed E-state index contributed by atoms with van der Waals surface area (Å²) in [5, 5.41) is 26.4. The van der Waals surface area contributed by atoms with Crippen molar-refractivity contribution in [1.82, 2.24) is 14.7 Å². The predicted octanol–water partition coefficient (Wildman–Crippen LogP) is 6.85. The van der Waals surface area contributed by atoms with Crippen LogP contribution in [0.15, 0.2) is 54.1 Å². The lowest BCUT2D eigenvalue weighted by molar-refractivity contribution is -0.141. The van der Waals surface area contributed by atoms with Crippen molar-refractivity contribution in [2.45, 2.75) is 58.3 Å². The van der Waals surface area contributed by atoms with Crippen molar-refractivity contribution in [2.75, 3.05) is 18.6 Å². The molecule has 55 heavy (non-hydrogen) atoms. The fourth-order valence-corrected chi connectivity index (χ4v) is 11.0. The maximum absolute atomic E-state index is 15.1. The molecule has 2 saturated heterocycles. The number of aryl methyl sites for hydroxylation is 2. The molecule has 2 aromatic heterocycles. The number of ether oxygens (including phenoxy) is 1. The maximum atomic E-state index is 15.1. The van der Waals surface area contributed by atoms with Crippen molar-refractivity contribution in [2.24, 2.45) is 36.1 Å². The van der Waals surface area contributed by atoms with Crippen LogP contribution in [-0.2, 0) is 31.0 Å². The van der Waals surface area contributed by atoms with Gasteiger partial charge in [-0.1, -0.05) is 35.7 Å². The van der Waals surface area contributed by atoms with Crippen molar-refractivity contribution < 1.29 is 38.9 Å². The number of amides is 4. The van der Waals surface area contributed by atoms with E-state index in [4.69, 9.17) is 26.5 Å². The number of halogens is 1. The van der Waals surface area contributed by atoms with Crippen molar-refractivity contribution in [3.05, 3.63) is 70.3 Å². The minimum atomic E-state index is -1.31. The number of carboxylic acid groups (broad SMARTS) is 1. The molecule has 8 rings (SSSR count). The Kier molecular flexibility index (Phi) is 9.15. The molecule has 4 heterocycles. The molecule has 0 radical (unpaired) electrons. The quantitative estimate of drug-likeness (QED) is 0.0996. The molecule has 2 aliphatic carbocycles. The number of phenolic OH excluding ortho intramolecular Hbond substituents is 1. The zero-order valence-electron chi connectivity index (χ0n) is 30.9. The Balaban J connectivity index is 1.18. The zero-order valence-corrected chi connectivity index (χ0v) is 32.4. The van der Waals surface area contributed by atoms with E-state index in [1.165, 1.54) is 16.9 Å². The van der Waals surface area contributed by atoms with Gasteiger partial charge in [-0.3, -0.25) is 33.6 Å². The highest BCUT2D eigenvalue weighted by Gasteiger charge is 2.68. The molecule has 0 spiro atoms. The molecular formula is C41H41ClN4O8S. The van der Waals surface area contributed by atoms with E-state index in [0.29, 0.717) is 47.8 Å². The number of rotatable bonds is 10. The largest absolute Gasteiger partial charge is 0.504 e. The van der Waals surface area contributed by atoms with E-state index in [9.17, 15) is 24.3 Å². The lowest BCUT2D eigenvalue weighted by Crippen LogP contribution is -2.48. The maximum Gasteiger partial charge on any atom is 0.303 e. The number of carbonyl (C=O) groups is 5. The number of imide groups is 2. The van der Waals surface area contributed by atoms with Crippen LogP contribution in [0.4, 0.5) is 5.82 Å². The summed E-state index contributed by atoms with van der Waals surface area (Å²) in [5.74, 6) is -5.18. The molecule has 4 amide bonds. The molecule has 1 saturated carbocycles. The third kappa shape index (κ3) is 5.68.